The first kappa shape index (κ1) is 18.3. The van der Waals surface area contributed by atoms with Crippen molar-refractivity contribution >= 4 is 16.9 Å². The fraction of sp³-hybridized carbons (Fsp3) is 0.556. The van der Waals surface area contributed by atoms with Crippen LogP contribution in [0.5, 0.6) is 0 Å². The summed E-state index contributed by atoms with van der Waals surface area (Å²) in [4.78, 5) is 16.9. The van der Waals surface area contributed by atoms with Crippen LogP contribution < -0.4 is 21.7 Å². The van der Waals surface area contributed by atoms with E-state index in [1.165, 1.54) is 0 Å². The fourth-order valence-corrected chi connectivity index (χ4v) is 4.07. The van der Waals surface area contributed by atoms with Gasteiger partial charge in [0.25, 0.3) is 0 Å². The Morgan fingerprint density at radius 2 is 2.07 bits per heavy atom. The molecule has 1 aromatic carbocycles. The van der Waals surface area contributed by atoms with Crippen LogP contribution in [0.2, 0.25) is 0 Å². The summed E-state index contributed by atoms with van der Waals surface area (Å²) >= 11 is 0. The number of alkyl halides is 2. The van der Waals surface area contributed by atoms with Crippen molar-refractivity contribution < 1.29 is 13.6 Å². The van der Waals surface area contributed by atoms with Gasteiger partial charge in [-0.2, -0.15) is 14.3 Å². The van der Waals surface area contributed by atoms with Gasteiger partial charge in [0, 0.05) is 30.5 Å². The largest absolute Gasteiger partial charge is 0.355 e. The highest BCUT2D eigenvalue weighted by atomic mass is 19.3. The molecule has 4 atom stereocenters. The van der Waals surface area contributed by atoms with Crippen molar-refractivity contribution in [2.24, 2.45) is 5.92 Å². The van der Waals surface area contributed by atoms with Crippen LogP contribution in [0.25, 0.3) is 11.0 Å². The lowest BCUT2D eigenvalue weighted by Gasteiger charge is -2.29. The zero-order valence-corrected chi connectivity index (χ0v) is 15.1. The van der Waals surface area contributed by atoms with E-state index < -0.39 is 6.55 Å². The molecule has 2 heterocycles. The Morgan fingerprint density at radius 3 is 2.89 bits per heavy atom. The molecule has 2 fully saturated rings. The van der Waals surface area contributed by atoms with Crippen molar-refractivity contribution in [2.45, 2.75) is 50.7 Å². The van der Waals surface area contributed by atoms with E-state index in [9.17, 15) is 13.6 Å². The van der Waals surface area contributed by atoms with E-state index in [4.69, 9.17) is 0 Å². The first-order chi connectivity index (χ1) is 13.0. The number of imidazole rings is 1. The normalized spacial score (nSPS) is 26.3. The second kappa shape index (κ2) is 7.49. The number of para-hydroxylation sites is 2. The van der Waals surface area contributed by atoms with E-state index >= 15 is 0 Å². The molecular weight excluding hydrogens is 354 g/mol. The molecule has 4 N–H and O–H groups in total. The SMILES string of the molecule is CC(CNC(=O)C1CCC2NNNC2C1)c1nc2ccccc2n1C(F)F. The third-order valence-corrected chi connectivity index (χ3v) is 5.58. The van der Waals surface area contributed by atoms with Gasteiger partial charge in [0.05, 0.1) is 11.0 Å². The summed E-state index contributed by atoms with van der Waals surface area (Å²) in [6, 6.07) is 7.43. The van der Waals surface area contributed by atoms with E-state index in [1.54, 1.807) is 24.3 Å². The first-order valence-electron chi connectivity index (χ1n) is 9.33. The van der Waals surface area contributed by atoms with Crippen LogP contribution in [0.4, 0.5) is 8.78 Å². The molecule has 1 aliphatic carbocycles. The van der Waals surface area contributed by atoms with E-state index in [0.717, 1.165) is 23.8 Å². The molecule has 1 aromatic heterocycles. The number of nitrogens with one attached hydrogen (secondary N) is 4. The molecule has 4 unspecified atom stereocenters. The highest BCUT2D eigenvalue weighted by Crippen LogP contribution is 2.28. The number of halogens is 2. The molecular formula is C18H24F2N6O. The molecule has 2 aromatic rings. The number of carbonyl (C=O) groups excluding carboxylic acids is 1. The van der Waals surface area contributed by atoms with E-state index in [0.29, 0.717) is 22.9 Å². The third-order valence-electron chi connectivity index (χ3n) is 5.58. The lowest BCUT2D eigenvalue weighted by Crippen LogP contribution is -2.44. The van der Waals surface area contributed by atoms with Crippen LogP contribution in [0.3, 0.4) is 0 Å². The smallest absolute Gasteiger partial charge is 0.320 e. The predicted molar refractivity (Wildman–Crippen MR) is 96.7 cm³/mol. The highest BCUT2D eigenvalue weighted by Gasteiger charge is 2.36. The second-order valence-corrected chi connectivity index (χ2v) is 7.39. The Balaban J connectivity index is 1.42. The molecule has 146 valence electrons. The van der Waals surface area contributed by atoms with E-state index in [2.05, 4.69) is 26.7 Å². The summed E-state index contributed by atoms with van der Waals surface area (Å²) < 4.78 is 28.1. The number of amides is 1. The van der Waals surface area contributed by atoms with Gasteiger partial charge in [-0.1, -0.05) is 19.1 Å². The lowest BCUT2D eigenvalue weighted by atomic mass is 9.82. The maximum absolute atomic E-state index is 13.6. The van der Waals surface area contributed by atoms with Gasteiger partial charge in [-0.3, -0.25) is 9.36 Å². The number of nitrogens with zero attached hydrogens (tertiary/aromatic N) is 2. The second-order valence-electron chi connectivity index (χ2n) is 7.39. The fourth-order valence-electron chi connectivity index (χ4n) is 4.07. The molecule has 0 bridgehead atoms. The van der Waals surface area contributed by atoms with Crippen LogP contribution in [0, 0.1) is 5.92 Å². The molecule has 7 nitrogen and oxygen atoms in total. The van der Waals surface area contributed by atoms with Crippen LogP contribution in [-0.4, -0.2) is 34.1 Å². The van der Waals surface area contributed by atoms with Gasteiger partial charge in [0.1, 0.15) is 5.82 Å². The summed E-state index contributed by atoms with van der Waals surface area (Å²) in [5.41, 5.74) is 10.1. The topological polar surface area (TPSA) is 83.0 Å². The quantitative estimate of drug-likeness (QED) is 0.638. The van der Waals surface area contributed by atoms with Gasteiger partial charge in [0.2, 0.25) is 5.91 Å². The van der Waals surface area contributed by atoms with Crippen LogP contribution >= 0.6 is 0 Å². The molecule has 0 spiro atoms. The van der Waals surface area contributed by atoms with E-state index in [1.807, 2.05) is 6.92 Å². The zero-order valence-electron chi connectivity index (χ0n) is 15.1. The minimum absolute atomic E-state index is 0.0197. The number of benzene rings is 1. The number of hydrogen-bond acceptors (Lipinski definition) is 5. The van der Waals surface area contributed by atoms with Crippen molar-refractivity contribution in [1.82, 2.24) is 31.3 Å². The Bertz CT molecular complexity index is 825. The summed E-state index contributed by atoms with van der Waals surface area (Å²) in [6.45, 7) is -0.582. The zero-order chi connectivity index (χ0) is 19.0. The summed E-state index contributed by atoms with van der Waals surface area (Å²) in [6.07, 6.45) is 2.48. The first-order valence-corrected chi connectivity index (χ1v) is 9.33. The van der Waals surface area contributed by atoms with Crippen LogP contribution in [0.1, 0.15) is 44.5 Å². The Morgan fingerprint density at radius 1 is 1.30 bits per heavy atom. The van der Waals surface area contributed by atoms with Gasteiger partial charge in [-0.25, -0.2) is 15.8 Å². The number of rotatable bonds is 5. The molecule has 4 rings (SSSR count). The van der Waals surface area contributed by atoms with Crippen molar-refractivity contribution in [3.63, 3.8) is 0 Å². The number of carbonyl (C=O) groups is 1. The van der Waals surface area contributed by atoms with Gasteiger partial charge in [-0.05, 0) is 31.4 Å². The highest BCUT2D eigenvalue weighted by molar-refractivity contribution is 5.79. The van der Waals surface area contributed by atoms with Crippen molar-refractivity contribution in [1.29, 1.82) is 0 Å². The monoisotopic (exact) mass is 378 g/mol. The van der Waals surface area contributed by atoms with Crippen molar-refractivity contribution in [3.8, 4) is 0 Å². The van der Waals surface area contributed by atoms with Crippen LogP contribution in [-0.2, 0) is 4.79 Å². The predicted octanol–water partition coefficient (Wildman–Crippen LogP) is 1.80. The van der Waals surface area contributed by atoms with Gasteiger partial charge < -0.3 is 5.32 Å². The molecule has 27 heavy (non-hydrogen) atoms. The standard InChI is InChI=1S/C18H24F2N6O/c1-10(16-22-13-4-2-3-5-15(13)26(16)18(19)20)9-21-17(27)11-6-7-12-14(8-11)24-25-23-12/h2-5,10-12,14,18,23-25H,6-9H2,1H3,(H,21,27). The summed E-state index contributed by atoms with van der Waals surface area (Å²) in [7, 11) is 0. The maximum atomic E-state index is 13.6. The molecule has 1 aliphatic heterocycles. The number of hydrazine groups is 2. The van der Waals surface area contributed by atoms with Crippen molar-refractivity contribution in [2.75, 3.05) is 6.54 Å². The summed E-state index contributed by atoms with van der Waals surface area (Å²) in [5.74, 6) is -0.115. The van der Waals surface area contributed by atoms with Gasteiger partial charge in [-0.15, -0.1) is 0 Å². The Labute approximate surface area is 155 Å². The molecule has 9 heteroatoms. The maximum Gasteiger partial charge on any atom is 0.320 e. The molecule has 1 amide bonds. The Hall–Kier alpha value is -2.10. The average Bonchev–Trinajstić information content (AvgIpc) is 3.29. The Kier molecular flexibility index (Phi) is 5.07. The minimum Gasteiger partial charge on any atom is -0.355 e. The lowest BCUT2D eigenvalue weighted by molar-refractivity contribution is -0.126. The van der Waals surface area contributed by atoms with Crippen LogP contribution in [0.15, 0.2) is 24.3 Å². The molecule has 1 saturated heterocycles. The summed E-state index contributed by atoms with van der Waals surface area (Å²) in [5, 5.41) is 2.94. The number of hydrogen-bond donors (Lipinski definition) is 4. The minimum atomic E-state index is -2.67. The number of aromatic nitrogens is 2. The van der Waals surface area contributed by atoms with E-state index in [-0.39, 0.29) is 30.3 Å². The number of fused-ring (bicyclic) bond motifs is 2. The molecule has 0 radical (unpaired) electrons. The molecule has 2 aliphatic rings. The average molecular weight is 378 g/mol. The van der Waals surface area contributed by atoms with Gasteiger partial charge >= 0.3 is 6.55 Å². The van der Waals surface area contributed by atoms with Crippen molar-refractivity contribution in [3.05, 3.63) is 30.1 Å². The van der Waals surface area contributed by atoms with Gasteiger partial charge in [0.15, 0.2) is 0 Å². The third kappa shape index (κ3) is 3.54. The molecule has 1 saturated carbocycles.